The Balaban J connectivity index is 1.83. The predicted octanol–water partition coefficient (Wildman–Crippen LogP) is 3.41. The molecule has 5 heteroatoms. The second-order valence-electron chi connectivity index (χ2n) is 6.55. The van der Waals surface area contributed by atoms with Crippen LogP contribution < -0.4 is 11.1 Å². The summed E-state index contributed by atoms with van der Waals surface area (Å²) in [5.74, 6) is -1.10. The van der Waals surface area contributed by atoms with E-state index in [1.54, 1.807) is 30.3 Å². The minimum atomic E-state index is -0.957. The largest absolute Gasteiger partial charge is 0.368 e. The van der Waals surface area contributed by atoms with Gasteiger partial charge in [0.2, 0.25) is 5.91 Å². The van der Waals surface area contributed by atoms with Gasteiger partial charge in [-0.25, -0.2) is 4.39 Å². The Kier molecular flexibility index (Phi) is 4.83. The van der Waals surface area contributed by atoms with Gasteiger partial charge in [0.05, 0.1) is 0 Å². The van der Waals surface area contributed by atoms with Crippen LogP contribution in [0.15, 0.2) is 48.5 Å². The molecule has 1 aliphatic carbocycles. The standard InChI is InChI=1S/C20H21FN2O2/c21-17-9-7-14(8-10-17)15-5-4-6-16(13-15)18(24)23-20(19(22)25)11-2-1-3-12-20/h4-10,13H,1-3,11-12H2,(H2,22,25)(H,23,24). The SMILES string of the molecule is NC(=O)C1(NC(=O)c2cccc(-c3ccc(F)cc3)c2)CCCCC1. The molecule has 4 nitrogen and oxygen atoms in total. The van der Waals surface area contributed by atoms with E-state index in [0.717, 1.165) is 30.4 Å². The number of primary amides is 1. The van der Waals surface area contributed by atoms with Gasteiger partial charge in [0.25, 0.3) is 5.91 Å². The fourth-order valence-corrected chi connectivity index (χ4v) is 3.36. The number of benzene rings is 2. The van der Waals surface area contributed by atoms with E-state index in [1.165, 1.54) is 12.1 Å². The number of nitrogens with two attached hydrogens (primary N) is 1. The van der Waals surface area contributed by atoms with E-state index < -0.39 is 11.4 Å². The molecular weight excluding hydrogens is 319 g/mol. The van der Waals surface area contributed by atoms with Crippen molar-refractivity contribution in [2.75, 3.05) is 0 Å². The van der Waals surface area contributed by atoms with Crippen molar-refractivity contribution in [2.24, 2.45) is 5.73 Å². The summed E-state index contributed by atoms with van der Waals surface area (Å²) in [4.78, 5) is 24.6. The summed E-state index contributed by atoms with van der Waals surface area (Å²) in [6.45, 7) is 0. The monoisotopic (exact) mass is 340 g/mol. The molecule has 1 saturated carbocycles. The number of amides is 2. The number of carbonyl (C=O) groups is 2. The zero-order chi connectivity index (χ0) is 17.9. The maximum Gasteiger partial charge on any atom is 0.252 e. The Labute approximate surface area is 146 Å². The van der Waals surface area contributed by atoms with Crippen LogP contribution >= 0.6 is 0 Å². The molecular formula is C20H21FN2O2. The molecule has 3 rings (SSSR count). The Morgan fingerprint density at radius 2 is 1.64 bits per heavy atom. The van der Waals surface area contributed by atoms with Crippen LogP contribution in [0.25, 0.3) is 11.1 Å². The second kappa shape index (κ2) is 7.05. The summed E-state index contributed by atoms with van der Waals surface area (Å²) in [5.41, 5.74) is 6.70. The van der Waals surface area contributed by atoms with Crippen molar-refractivity contribution < 1.29 is 14.0 Å². The second-order valence-corrected chi connectivity index (χ2v) is 6.55. The van der Waals surface area contributed by atoms with Crippen LogP contribution in [-0.2, 0) is 4.79 Å². The van der Waals surface area contributed by atoms with E-state index >= 15 is 0 Å². The minimum absolute atomic E-state index is 0.307. The lowest BCUT2D eigenvalue weighted by molar-refractivity contribution is -0.125. The van der Waals surface area contributed by atoms with E-state index in [4.69, 9.17) is 5.73 Å². The predicted molar refractivity (Wildman–Crippen MR) is 94.3 cm³/mol. The van der Waals surface area contributed by atoms with E-state index in [0.29, 0.717) is 18.4 Å². The van der Waals surface area contributed by atoms with Gasteiger partial charge in [-0.2, -0.15) is 0 Å². The first-order chi connectivity index (χ1) is 12.0. The zero-order valence-corrected chi connectivity index (χ0v) is 13.9. The molecule has 0 saturated heterocycles. The van der Waals surface area contributed by atoms with Crippen LogP contribution in [0.5, 0.6) is 0 Å². The molecule has 0 heterocycles. The lowest BCUT2D eigenvalue weighted by atomic mass is 9.81. The van der Waals surface area contributed by atoms with Crippen LogP contribution in [-0.4, -0.2) is 17.4 Å². The highest BCUT2D eigenvalue weighted by Crippen LogP contribution is 2.29. The Morgan fingerprint density at radius 1 is 0.960 bits per heavy atom. The van der Waals surface area contributed by atoms with Crippen molar-refractivity contribution in [3.05, 3.63) is 59.9 Å². The number of nitrogens with one attached hydrogen (secondary N) is 1. The zero-order valence-electron chi connectivity index (χ0n) is 13.9. The maximum absolute atomic E-state index is 13.1. The third-order valence-electron chi connectivity index (χ3n) is 4.83. The molecule has 3 N–H and O–H groups in total. The molecule has 25 heavy (non-hydrogen) atoms. The average molecular weight is 340 g/mol. The third kappa shape index (κ3) is 3.71. The van der Waals surface area contributed by atoms with Crippen molar-refractivity contribution in [2.45, 2.75) is 37.6 Å². The van der Waals surface area contributed by atoms with Crippen LogP contribution in [0.3, 0.4) is 0 Å². The molecule has 2 aromatic carbocycles. The highest BCUT2D eigenvalue weighted by atomic mass is 19.1. The molecule has 0 atom stereocenters. The molecule has 2 aromatic rings. The first-order valence-corrected chi connectivity index (χ1v) is 8.49. The molecule has 0 spiro atoms. The summed E-state index contributed by atoms with van der Waals surface area (Å²) < 4.78 is 13.1. The van der Waals surface area contributed by atoms with Gasteiger partial charge >= 0.3 is 0 Å². The quantitative estimate of drug-likeness (QED) is 0.895. The van der Waals surface area contributed by atoms with Gasteiger partial charge in [-0.3, -0.25) is 9.59 Å². The molecule has 0 aromatic heterocycles. The fourth-order valence-electron chi connectivity index (χ4n) is 3.36. The van der Waals surface area contributed by atoms with Crippen LogP contribution in [0.4, 0.5) is 4.39 Å². The molecule has 130 valence electrons. The number of carbonyl (C=O) groups excluding carboxylic acids is 2. The van der Waals surface area contributed by atoms with Gasteiger partial charge < -0.3 is 11.1 Å². The van der Waals surface area contributed by atoms with Crippen LogP contribution in [0, 0.1) is 5.82 Å². The van der Waals surface area contributed by atoms with Gasteiger partial charge in [-0.05, 0) is 48.2 Å². The van der Waals surface area contributed by atoms with E-state index in [1.807, 2.05) is 6.07 Å². The molecule has 0 aliphatic heterocycles. The first kappa shape index (κ1) is 17.1. The molecule has 1 fully saturated rings. The van der Waals surface area contributed by atoms with Gasteiger partial charge in [-0.1, -0.05) is 43.5 Å². The van der Waals surface area contributed by atoms with Crippen LogP contribution in [0.2, 0.25) is 0 Å². The summed E-state index contributed by atoms with van der Waals surface area (Å²) in [5, 5.41) is 2.86. The molecule has 0 bridgehead atoms. The van der Waals surface area contributed by atoms with Crippen molar-refractivity contribution in [3.8, 4) is 11.1 Å². The van der Waals surface area contributed by atoms with Crippen molar-refractivity contribution in [1.82, 2.24) is 5.32 Å². The average Bonchev–Trinajstić information content (AvgIpc) is 2.63. The van der Waals surface area contributed by atoms with E-state index in [-0.39, 0.29) is 11.7 Å². The highest BCUT2D eigenvalue weighted by molar-refractivity contribution is 5.99. The Hall–Kier alpha value is -2.69. The van der Waals surface area contributed by atoms with Crippen molar-refractivity contribution in [3.63, 3.8) is 0 Å². The minimum Gasteiger partial charge on any atom is -0.368 e. The topological polar surface area (TPSA) is 72.2 Å². The molecule has 0 radical (unpaired) electrons. The van der Waals surface area contributed by atoms with E-state index in [2.05, 4.69) is 5.32 Å². The van der Waals surface area contributed by atoms with Crippen LogP contribution in [0.1, 0.15) is 42.5 Å². The van der Waals surface area contributed by atoms with Gasteiger partial charge in [0, 0.05) is 5.56 Å². The Bertz CT molecular complexity index is 781. The number of hydrogen-bond donors (Lipinski definition) is 2. The molecule has 1 aliphatic rings. The number of halogens is 1. The number of hydrogen-bond acceptors (Lipinski definition) is 2. The highest BCUT2D eigenvalue weighted by Gasteiger charge is 2.39. The lowest BCUT2D eigenvalue weighted by Gasteiger charge is -2.35. The molecule has 2 amide bonds. The number of rotatable bonds is 4. The molecule has 0 unspecified atom stereocenters. The van der Waals surface area contributed by atoms with Crippen molar-refractivity contribution in [1.29, 1.82) is 0 Å². The Morgan fingerprint density at radius 3 is 2.28 bits per heavy atom. The smallest absolute Gasteiger partial charge is 0.252 e. The normalized spacial score (nSPS) is 16.2. The van der Waals surface area contributed by atoms with Gasteiger partial charge in [0.15, 0.2) is 0 Å². The fraction of sp³-hybridized carbons (Fsp3) is 0.300. The van der Waals surface area contributed by atoms with Gasteiger partial charge in [0.1, 0.15) is 11.4 Å². The lowest BCUT2D eigenvalue weighted by Crippen LogP contribution is -2.58. The summed E-state index contributed by atoms with van der Waals surface area (Å²) in [6, 6.07) is 13.1. The first-order valence-electron chi connectivity index (χ1n) is 8.49. The summed E-state index contributed by atoms with van der Waals surface area (Å²) >= 11 is 0. The third-order valence-corrected chi connectivity index (χ3v) is 4.83. The van der Waals surface area contributed by atoms with Crippen molar-refractivity contribution >= 4 is 11.8 Å². The van der Waals surface area contributed by atoms with E-state index in [9.17, 15) is 14.0 Å². The maximum atomic E-state index is 13.1. The summed E-state index contributed by atoms with van der Waals surface area (Å²) in [6.07, 6.45) is 3.94. The summed E-state index contributed by atoms with van der Waals surface area (Å²) in [7, 11) is 0. The van der Waals surface area contributed by atoms with Gasteiger partial charge in [-0.15, -0.1) is 0 Å².